The molecule has 0 saturated carbocycles. The Kier molecular flexibility index (Phi) is 5.81. The highest BCUT2D eigenvalue weighted by molar-refractivity contribution is 7.89. The van der Waals surface area contributed by atoms with Crippen LogP contribution in [0.4, 0.5) is 0 Å². The molecular formula is C20H23N3O5S2. The van der Waals surface area contributed by atoms with Crippen molar-refractivity contribution in [2.24, 2.45) is 13.0 Å². The van der Waals surface area contributed by atoms with E-state index in [0.29, 0.717) is 44.4 Å². The molecule has 0 atom stereocenters. The Balaban J connectivity index is 1.36. The Hall–Kier alpha value is -2.43. The average molecular weight is 450 g/mol. The van der Waals surface area contributed by atoms with Crippen molar-refractivity contribution < 1.29 is 17.6 Å². The Morgan fingerprint density at radius 2 is 2.03 bits per heavy atom. The molecule has 30 heavy (non-hydrogen) atoms. The third-order valence-electron chi connectivity index (χ3n) is 5.49. The van der Waals surface area contributed by atoms with Crippen LogP contribution >= 0.6 is 11.3 Å². The van der Waals surface area contributed by atoms with Crippen molar-refractivity contribution in [2.45, 2.75) is 30.7 Å². The van der Waals surface area contributed by atoms with Crippen molar-refractivity contribution in [2.75, 3.05) is 13.1 Å². The third-order valence-corrected chi connectivity index (χ3v) is 8.26. The Labute approximate surface area is 178 Å². The van der Waals surface area contributed by atoms with E-state index in [1.807, 2.05) is 17.5 Å². The fourth-order valence-corrected chi connectivity index (χ4v) is 5.84. The van der Waals surface area contributed by atoms with E-state index >= 15 is 0 Å². The number of nitrogens with zero attached hydrogens (tertiary/aromatic N) is 2. The number of hydrogen-bond acceptors (Lipinski definition) is 6. The van der Waals surface area contributed by atoms with E-state index in [2.05, 4.69) is 5.32 Å². The van der Waals surface area contributed by atoms with Crippen molar-refractivity contribution in [3.63, 3.8) is 0 Å². The van der Waals surface area contributed by atoms with E-state index in [1.54, 1.807) is 24.5 Å². The molecule has 1 N–H and O–H groups in total. The van der Waals surface area contributed by atoms with Gasteiger partial charge in [0.2, 0.25) is 15.9 Å². The van der Waals surface area contributed by atoms with Gasteiger partial charge in [-0.2, -0.15) is 4.31 Å². The van der Waals surface area contributed by atoms with E-state index in [4.69, 9.17) is 4.42 Å². The van der Waals surface area contributed by atoms with Crippen molar-refractivity contribution in [3.8, 4) is 0 Å². The number of oxazole rings is 1. The van der Waals surface area contributed by atoms with Gasteiger partial charge >= 0.3 is 5.76 Å². The summed E-state index contributed by atoms with van der Waals surface area (Å²) < 4.78 is 33.9. The number of carbonyl (C=O) groups excluding carboxylic acids is 1. The number of aryl methyl sites for hydroxylation is 1. The summed E-state index contributed by atoms with van der Waals surface area (Å²) in [5, 5.41) is 4.90. The monoisotopic (exact) mass is 449 g/mol. The summed E-state index contributed by atoms with van der Waals surface area (Å²) in [5.41, 5.74) is 0.798. The van der Waals surface area contributed by atoms with Crippen LogP contribution in [-0.2, 0) is 28.4 Å². The van der Waals surface area contributed by atoms with Crippen LogP contribution in [0.15, 0.2) is 49.8 Å². The van der Waals surface area contributed by atoms with Crippen LogP contribution < -0.4 is 11.1 Å². The van der Waals surface area contributed by atoms with Gasteiger partial charge < -0.3 is 9.73 Å². The first-order chi connectivity index (χ1) is 14.3. The molecule has 2 aromatic heterocycles. The van der Waals surface area contributed by atoms with Gasteiger partial charge in [0.25, 0.3) is 0 Å². The molecule has 0 bridgehead atoms. The van der Waals surface area contributed by atoms with E-state index in [1.165, 1.54) is 21.0 Å². The lowest BCUT2D eigenvalue weighted by molar-refractivity contribution is -0.122. The molecule has 1 aromatic carbocycles. The number of amides is 1. The zero-order valence-electron chi connectivity index (χ0n) is 16.5. The van der Waals surface area contributed by atoms with E-state index < -0.39 is 15.8 Å². The number of thiophene rings is 1. The number of rotatable bonds is 6. The van der Waals surface area contributed by atoms with Crippen molar-refractivity contribution in [1.29, 1.82) is 0 Å². The average Bonchev–Trinajstić information content (AvgIpc) is 3.35. The van der Waals surface area contributed by atoms with Gasteiger partial charge in [0.1, 0.15) is 0 Å². The number of sulfonamides is 1. The van der Waals surface area contributed by atoms with Crippen LogP contribution in [0.2, 0.25) is 0 Å². The van der Waals surface area contributed by atoms with Crippen molar-refractivity contribution in [3.05, 3.63) is 51.1 Å². The van der Waals surface area contributed by atoms with Gasteiger partial charge in [0.05, 0.1) is 17.0 Å². The molecule has 3 heterocycles. The summed E-state index contributed by atoms with van der Waals surface area (Å²) in [6, 6.07) is 8.41. The van der Waals surface area contributed by atoms with E-state index in [0.717, 1.165) is 4.88 Å². The normalized spacial score (nSPS) is 16.2. The first kappa shape index (κ1) is 20.8. The number of fused-ring (bicyclic) bond motifs is 1. The fraction of sp³-hybridized carbons (Fsp3) is 0.400. The second kappa shape index (κ2) is 8.37. The first-order valence-electron chi connectivity index (χ1n) is 9.73. The predicted molar refractivity (Wildman–Crippen MR) is 114 cm³/mol. The number of piperidine rings is 1. The van der Waals surface area contributed by atoms with Crippen LogP contribution in [-0.4, -0.2) is 36.3 Å². The SMILES string of the molecule is Cn1c(=O)oc2cc(S(=O)(=O)N3CCC(CC(=O)NCc4cccs4)CC3)ccc21. The molecule has 10 heteroatoms. The third kappa shape index (κ3) is 4.21. The van der Waals surface area contributed by atoms with E-state index in [-0.39, 0.29) is 22.3 Å². The summed E-state index contributed by atoms with van der Waals surface area (Å²) in [6.45, 7) is 1.26. The predicted octanol–water partition coefficient (Wildman–Crippen LogP) is 2.30. The van der Waals surface area contributed by atoms with Crippen LogP contribution in [0.25, 0.3) is 11.1 Å². The molecule has 0 aliphatic carbocycles. The second-order valence-corrected chi connectivity index (χ2v) is 10.4. The highest BCUT2D eigenvalue weighted by Gasteiger charge is 2.30. The summed E-state index contributed by atoms with van der Waals surface area (Å²) in [6.07, 6.45) is 1.67. The summed E-state index contributed by atoms with van der Waals surface area (Å²) in [7, 11) is -2.11. The minimum Gasteiger partial charge on any atom is -0.408 e. The molecule has 4 rings (SSSR count). The molecule has 160 valence electrons. The molecule has 8 nitrogen and oxygen atoms in total. The van der Waals surface area contributed by atoms with Gasteiger partial charge in [-0.3, -0.25) is 9.36 Å². The smallest absolute Gasteiger partial charge is 0.408 e. The summed E-state index contributed by atoms with van der Waals surface area (Å²) in [4.78, 5) is 25.0. The topological polar surface area (TPSA) is 102 Å². The maximum Gasteiger partial charge on any atom is 0.419 e. The minimum absolute atomic E-state index is 0.00531. The molecular weight excluding hydrogens is 426 g/mol. The minimum atomic E-state index is -3.69. The first-order valence-corrected chi connectivity index (χ1v) is 12.1. The maximum absolute atomic E-state index is 13.0. The number of aromatic nitrogens is 1. The lowest BCUT2D eigenvalue weighted by Gasteiger charge is -2.31. The number of hydrogen-bond donors (Lipinski definition) is 1. The van der Waals surface area contributed by atoms with Gasteiger partial charge in [-0.15, -0.1) is 11.3 Å². The lowest BCUT2D eigenvalue weighted by atomic mass is 9.94. The largest absolute Gasteiger partial charge is 0.419 e. The van der Waals surface area contributed by atoms with Crippen molar-refractivity contribution >= 4 is 38.4 Å². The van der Waals surface area contributed by atoms with Gasteiger partial charge in [-0.1, -0.05) is 6.07 Å². The molecule has 0 spiro atoms. The molecule has 3 aromatic rings. The van der Waals surface area contributed by atoms with Crippen LogP contribution in [0.3, 0.4) is 0 Å². The van der Waals surface area contributed by atoms with Gasteiger partial charge in [-0.25, -0.2) is 13.2 Å². The highest BCUT2D eigenvalue weighted by Crippen LogP contribution is 2.27. The van der Waals surface area contributed by atoms with Crippen molar-refractivity contribution in [1.82, 2.24) is 14.2 Å². The molecule has 1 saturated heterocycles. The zero-order valence-corrected chi connectivity index (χ0v) is 18.2. The number of nitrogens with one attached hydrogen (secondary N) is 1. The second-order valence-electron chi connectivity index (χ2n) is 7.46. The fourth-order valence-electron chi connectivity index (χ4n) is 3.71. The standard InChI is InChI=1S/C20H23N3O5S2/c1-22-17-5-4-16(12-18(17)28-20(22)25)30(26,27)23-8-6-14(7-9-23)11-19(24)21-13-15-3-2-10-29-15/h2-5,10,12,14H,6-9,11,13H2,1H3,(H,21,24). The van der Waals surface area contributed by atoms with Gasteiger partial charge in [0.15, 0.2) is 5.58 Å². The molecule has 0 unspecified atom stereocenters. The molecule has 1 fully saturated rings. The molecule has 1 aliphatic rings. The van der Waals surface area contributed by atoms with Gasteiger partial charge in [0, 0.05) is 37.5 Å². The van der Waals surface area contributed by atoms with Crippen LogP contribution in [0.1, 0.15) is 24.1 Å². The Bertz CT molecular complexity index is 1200. The quantitative estimate of drug-likeness (QED) is 0.622. The Morgan fingerprint density at radius 3 is 2.73 bits per heavy atom. The highest BCUT2D eigenvalue weighted by atomic mass is 32.2. The summed E-state index contributed by atoms with van der Waals surface area (Å²) >= 11 is 1.60. The molecule has 0 radical (unpaired) electrons. The number of benzene rings is 1. The number of carbonyl (C=O) groups is 1. The molecule has 1 amide bonds. The maximum atomic E-state index is 13.0. The van der Waals surface area contributed by atoms with Crippen LogP contribution in [0.5, 0.6) is 0 Å². The zero-order chi connectivity index (χ0) is 21.3. The van der Waals surface area contributed by atoms with Crippen LogP contribution in [0, 0.1) is 5.92 Å². The van der Waals surface area contributed by atoms with Gasteiger partial charge in [-0.05, 0) is 42.3 Å². The molecule has 1 aliphatic heterocycles. The summed E-state index contributed by atoms with van der Waals surface area (Å²) in [5.74, 6) is -0.374. The Morgan fingerprint density at radius 1 is 1.27 bits per heavy atom. The van der Waals surface area contributed by atoms with E-state index in [9.17, 15) is 18.0 Å². The lowest BCUT2D eigenvalue weighted by Crippen LogP contribution is -2.39.